The summed E-state index contributed by atoms with van der Waals surface area (Å²) < 4.78 is 5.20. The molecule has 0 atom stereocenters. The lowest BCUT2D eigenvalue weighted by molar-refractivity contribution is 0.0528. The van der Waals surface area contributed by atoms with Gasteiger partial charge in [0, 0.05) is 44.3 Å². The fourth-order valence-electron chi connectivity index (χ4n) is 2.82. The number of nitrogens with zero attached hydrogens (tertiary/aromatic N) is 2. The molecule has 2 N–H and O–H groups in total. The van der Waals surface area contributed by atoms with E-state index in [-0.39, 0.29) is 14.5 Å². The van der Waals surface area contributed by atoms with Crippen molar-refractivity contribution in [3.05, 3.63) is 24.5 Å². The highest BCUT2D eigenvalue weighted by Crippen LogP contribution is 2.22. The van der Waals surface area contributed by atoms with Crippen LogP contribution < -0.4 is 15.5 Å². The Kier molecular flexibility index (Phi) is 8.76. The third-order valence-electron chi connectivity index (χ3n) is 4.05. The lowest BCUT2D eigenvalue weighted by Gasteiger charge is -2.33. The standard InChI is InChI=1S/C18H30N4O2.BH3/c1-18(2,3)24-17(23)21-11-10-20-14-15-6-12-22(13-7-15)16-4-8-19-9-5-16;/h4-5,8-9,15,20H,6-7,10-14H2,1-3H3,(H,21,23);1H3. The van der Waals surface area contributed by atoms with Crippen LogP contribution in [0.4, 0.5) is 10.5 Å². The van der Waals surface area contributed by atoms with Crippen LogP contribution in [0.25, 0.3) is 0 Å². The maximum atomic E-state index is 11.5. The summed E-state index contributed by atoms with van der Waals surface area (Å²) in [5, 5.41) is 6.20. The Morgan fingerprint density at radius 1 is 1.24 bits per heavy atom. The van der Waals surface area contributed by atoms with Crippen molar-refractivity contribution in [1.82, 2.24) is 15.6 Å². The Morgan fingerprint density at radius 2 is 1.88 bits per heavy atom. The lowest BCUT2D eigenvalue weighted by atomic mass is 9.96. The molecule has 2 rings (SSSR count). The molecule has 1 amide bonds. The second kappa shape index (κ2) is 10.3. The van der Waals surface area contributed by atoms with E-state index in [1.54, 1.807) is 0 Å². The average Bonchev–Trinajstić information content (AvgIpc) is 2.54. The van der Waals surface area contributed by atoms with Gasteiger partial charge in [-0.15, -0.1) is 0 Å². The van der Waals surface area contributed by atoms with E-state index < -0.39 is 5.60 Å². The molecule has 1 fully saturated rings. The maximum Gasteiger partial charge on any atom is 0.407 e. The highest BCUT2D eigenvalue weighted by molar-refractivity contribution is 5.75. The van der Waals surface area contributed by atoms with Crippen LogP contribution in [0.3, 0.4) is 0 Å². The van der Waals surface area contributed by atoms with E-state index in [1.807, 2.05) is 33.2 Å². The number of carbonyl (C=O) groups excluding carboxylic acids is 1. The van der Waals surface area contributed by atoms with Crippen molar-refractivity contribution in [2.45, 2.75) is 39.2 Å². The number of alkyl carbamates (subject to hydrolysis) is 1. The zero-order chi connectivity index (χ0) is 17.4. The Morgan fingerprint density at radius 3 is 2.48 bits per heavy atom. The number of pyridine rings is 1. The minimum atomic E-state index is -0.444. The van der Waals surface area contributed by atoms with Crippen molar-refractivity contribution in [1.29, 1.82) is 0 Å². The molecular formula is C18H33BN4O2. The number of carbonyl (C=O) groups is 1. The van der Waals surface area contributed by atoms with Crippen LogP contribution in [-0.2, 0) is 4.74 Å². The van der Waals surface area contributed by atoms with Crippen LogP contribution in [-0.4, -0.2) is 57.8 Å². The molecule has 1 saturated heterocycles. The molecule has 1 aromatic rings. The van der Waals surface area contributed by atoms with Crippen molar-refractivity contribution in [2.75, 3.05) is 37.6 Å². The topological polar surface area (TPSA) is 66.5 Å². The minimum Gasteiger partial charge on any atom is -0.444 e. The van der Waals surface area contributed by atoms with E-state index in [9.17, 15) is 4.79 Å². The van der Waals surface area contributed by atoms with Crippen molar-refractivity contribution in [3.8, 4) is 0 Å². The van der Waals surface area contributed by atoms with Gasteiger partial charge in [-0.2, -0.15) is 0 Å². The first-order chi connectivity index (χ1) is 11.4. The van der Waals surface area contributed by atoms with Crippen LogP contribution in [0, 0.1) is 5.92 Å². The Labute approximate surface area is 153 Å². The molecule has 140 valence electrons. The van der Waals surface area contributed by atoms with Gasteiger partial charge >= 0.3 is 6.09 Å². The number of rotatable bonds is 6. The summed E-state index contributed by atoms with van der Waals surface area (Å²) in [6.07, 6.45) is 5.72. The zero-order valence-electron chi connectivity index (χ0n) is 15.0. The van der Waals surface area contributed by atoms with E-state index in [0.29, 0.717) is 12.5 Å². The van der Waals surface area contributed by atoms with Crippen molar-refractivity contribution in [2.24, 2.45) is 5.92 Å². The largest absolute Gasteiger partial charge is 0.444 e. The van der Waals surface area contributed by atoms with E-state index in [0.717, 1.165) is 26.2 Å². The molecule has 0 unspecified atom stereocenters. The Bertz CT molecular complexity index is 500. The first-order valence-electron chi connectivity index (χ1n) is 8.76. The second-order valence-corrected chi connectivity index (χ2v) is 7.27. The fraction of sp³-hybridized carbons (Fsp3) is 0.667. The minimum absolute atomic E-state index is 0. The molecule has 0 bridgehead atoms. The highest BCUT2D eigenvalue weighted by atomic mass is 16.6. The summed E-state index contributed by atoms with van der Waals surface area (Å²) >= 11 is 0. The molecule has 1 aromatic heterocycles. The van der Waals surface area contributed by atoms with Gasteiger partial charge in [-0.25, -0.2) is 4.79 Å². The van der Waals surface area contributed by atoms with E-state index in [2.05, 4.69) is 32.7 Å². The van der Waals surface area contributed by atoms with Gasteiger partial charge in [-0.3, -0.25) is 4.98 Å². The number of anilines is 1. The number of hydrogen-bond donors (Lipinski definition) is 2. The van der Waals surface area contributed by atoms with Crippen LogP contribution in [0.1, 0.15) is 33.6 Å². The number of ether oxygens (including phenoxy) is 1. The molecular weight excluding hydrogens is 315 g/mol. The van der Waals surface area contributed by atoms with Crippen molar-refractivity contribution >= 4 is 20.2 Å². The van der Waals surface area contributed by atoms with E-state index in [4.69, 9.17) is 4.74 Å². The van der Waals surface area contributed by atoms with Crippen LogP contribution in [0.2, 0.25) is 0 Å². The van der Waals surface area contributed by atoms with Gasteiger partial charge in [0.2, 0.25) is 0 Å². The summed E-state index contributed by atoms with van der Waals surface area (Å²) in [6, 6.07) is 4.14. The SMILES string of the molecule is B.CC(C)(C)OC(=O)NCCNCC1CCN(c2ccncc2)CC1. The number of aromatic nitrogens is 1. The molecule has 0 saturated carbocycles. The molecule has 0 spiro atoms. The smallest absolute Gasteiger partial charge is 0.407 e. The number of hydrogen-bond acceptors (Lipinski definition) is 5. The first-order valence-corrected chi connectivity index (χ1v) is 8.76. The van der Waals surface area contributed by atoms with Gasteiger partial charge in [-0.1, -0.05) is 0 Å². The molecule has 2 heterocycles. The molecule has 0 aromatic carbocycles. The zero-order valence-corrected chi connectivity index (χ0v) is 15.0. The van der Waals surface area contributed by atoms with Crippen LogP contribution in [0.5, 0.6) is 0 Å². The van der Waals surface area contributed by atoms with Gasteiger partial charge < -0.3 is 20.3 Å². The summed E-state index contributed by atoms with van der Waals surface area (Å²) in [7, 11) is 0. The van der Waals surface area contributed by atoms with Gasteiger partial charge in [0.25, 0.3) is 0 Å². The summed E-state index contributed by atoms with van der Waals surface area (Å²) in [4.78, 5) is 18.0. The van der Waals surface area contributed by atoms with E-state index in [1.165, 1.54) is 18.5 Å². The van der Waals surface area contributed by atoms with Gasteiger partial charge in [0.15, 0.2) is 0 Å². The molecule has 1 aliphatic heterocycles. The molecule has 1 aliphatic rings. The van der Waals surface area contributed by atoms with Gasteiger partial charge in [0.1, 0.15) is 5.60 Å². The van der Waals surface area contributed by atoms with E-state index >= 15 is 0 Å². The lowest BCUT2D eigenvalue weighted by Crippen LogP contribution is -2.40. The average molecular weight is 348 g/mol. The van der Waals surface area contributed by atoms with Crippen molar-refractivity contribution in [3.63, 3.8) is 0 Å². The quantitative estimate of drug-likeness (QED) is 0.598. The summed E-state index contributed by atoms with van der Waals surface area (Å²) in [6.45, 7) is 10.1. The van der Waals surface area contributed by atoms with Crippen LogP contribution in [0.15, 0.2) is 24.5 Å². The molecule has 0 radical (unpaired) electrons. The second-order valence-electron chi connectivity index (χ2n) is 7.27. The molecule has 0 aliphatic carbocycles. The normalized spacial score (nSPS) is 15.4. The van der Waals surface area contributed by atoms with Gasteiger partial charge in [-0.05, 0) is 58.2 Å². The molecule has 25 heavy (non-hydrogen) atoms. The highest BCUT2D eigenvalue weighted by Gasteiger charge is 2.19. The monoisotopic (exact) mass is 348 g/mol. The van der Waals surface area contributed by atoms with Gasteiger partial charge in [0.05, 0.1) is 8.41 Å². The maximum absolute atomic E-state index is 11.5. The third-order valence-corrected chi connectivity index (χ3v) is 4.05. The first kappa shape index (κ1) is 21.3. The summed E-state index contributed by atoms with van der Waals surface area (Å²) in [5.41, 5.74) is 0.818. The molecule has 6 nitrogen and oxygen atoms in total. The van der Waals surface area contributed by atoms with Crippen molar-refractivity contribution < 1.29 is 9.53 Å². The Balaban J connectivity index is 0.00000312. The number of amides is 1. The number of nitrogens with one attached hydrogen (secondary N) is 2. The van der Waals surface area contributed by atoms with Crippen LogP contribution >= 0.6 is 0 Å². The molecule has 7 heteroatoms. The fourth-order valence-corrected chi connectivity index (χ4v) is 2.82. The summed E-state index contributed by atoms with van der Waals surface area (Å²) in [5.74, 6) is 0.699. The Hall–Kier alpha value is -1.76. The predicted molar refractivity (Wildman–Crippen MR) is 106 cm³/mol. The predicted octanol–water partition coefficient (Wildman–Crippen LogP) is 1.23. The number of piperidine rings is 1. The third kappa shape index (κ3) is 8.25.